The van der Waals surface area contributed by atoms with Crippen molar-refractivity contribution in [2.75, 3.05) is 24.2 Å². The highest BCUT2D eigenvalue weighted by atomic mass is 32.2. The second kappa shape index (κ2) is 10.5. The van der Waals surface area contributed by atoms with E-state index in [9.17, 15) is 13.2 Å². The lowest BCUT2D eigenvalue weighted by Crippen LogP contribution is -2.37. The molecule has 1 aromatic rings. The first-order chi connectivity index (χ1) is 14.2. The molecule has 0 saturated carbocycles. The molecule has 0 spiro atoms. The fourth-order valence-corrected chi connectivity index (χ4v) is 4.45. The Labute approximate surface area is 180 Å². The standard InChI is InChI=1S/C23H31N3O3S/c1-6-8-21(18(4)15-24-5)23(27)25-20-11-9-19(10-12-20)22-16-26(14-13-17(22)3)30(28,29)7-2/h8-12,15H,5-7,13-14,16H2,1-4H3,(H,25,27)/b18-15-,21-8+. The van der Waals surface area contributed by atoms with Crippen LogP contribution in [0.15, 0.2) is 58.3 Å². The molecule has 0 saturated heterocycles. The zero-order valence-corrected chi connectivity index (χ0v) is 19.1. The van der Waals surface area contributed by atoms with E-state index in [-0.39, 0.29) is 11.7 Å². The van der Waals surface area contributed by atoms with E-state index in [0.717, 1.165) is 29.6 Å². The number of aliphatic imine (C=N–C) groups is 1. The lowest BCUT2D eigenvalue weighted by Gasteiger charge is -2.29. The zero-order valence-electron chi connectivity index (χ0n) is 18.2. The van der Waals surface area contributed by atoms with Crippen molar-refractivity contribution in [3.8, 4) is 0 Å². The number of carbonyl (C=O) groups is 1. The SMILES string of the molecule is C=N/C=C(C)\C(=C/CC)C(=O)Nc1ccc(C2=C(C)CCN(S(=O)(=O)CC)C2)cc1. The van der Waals surface area contributed by atoms with Crippen LogP contribution in [0.2, 0.25) is 0 Å². The summed E-state index contributed by atoms with van der Waals surface area (Å²) in [7, 11) is -3.22. The first-order valence-corrected chi connectivity index (χ1v) is 11.8. The molecule has 0 bridgehead atoms. The van der Waals surface area contributed by atoms with Crippen LogP contribution in [0.4, 0.5) is 5.69 Å². The van der Waals surface area contributed by atoms with Gasteiger partial charge in [0, 0.05) is 30.5 Å². The fourth-order valence-electron chi connectivity index (χ4n) is 3.39. The van der Waals surface area contributed by atoms with Gasteiger partial charge in [-0.3, -0.25) is 9.79 Å². The number of nitrogens with one attached hydrogen (secondary N) is 1. The van der Waals surface area contributed by atoms with Crippen molar-refractivity contribution in [2.45, 2.75) is 40.5 Å². The summed E-state index contributed by atoms with van der Waals surface area (Å²) in [6.45, 7) is 11.9. The normalized spacial score (nSPS) is 16.5. The first-order valence-electron chi connectivity index (χ1n) is 10.1. The lowest BCUT2D eigenvalue weighted by molar-refractivity contribution is -0.112. The Morgan fingerprint density at radius 3 is 2.50 bits per heavy atom. The molecule has 0 unspecified atom stereocenters. The quantitative estimate of drug-likeness (QED) is 0.378. The smallest absolute Gasteiger partial charge is 0.255 e. The van der Waals surface area contributed by atoms with Crippen molar-refractivity contribution < 1.29 is 13.2 Å². The molecular weight excluding hydrogens is 398 g/mol. The van der Waals surface area contributed by atoms with Crippen molar-refractivity contribution in [3.05, 3.63) is 58.8 Å². The summed E-state index contributed by atoms with van der Waals surface area (Å²) in [4.78, 5) is 16.4. The van der Waals surface area contributed by atoms with Crippen LogP contribution in [-0.4, -0.2) is 44.2 Å². The minimum atomic E-state index is -3.22. The Hall–Kier alpha value is -2.51. The summed E-state index contributed by atoms with van der Waals surface area (Å²) in [6.07, 6.45) is 4.88. The predicted molar refractivity (Wildman–Crippen MR) is 125 cm³/mol. The van der Waals surface area contributed by atoms with Crippen LogP contribution >= 0.6 is 0 Å². The van der Waals surface area contributed by atoms with Crippen molar-refractivity contribution in [3.63, 3.8) is 0 Å². The van der Waals surface area contributed by atoms with Gasteiger partial charge in [-0.15, -0.1) is 0 Å². The molecule has 0 aliphatic carbocycles. The van der Waals surface area contributed by atoms with E-state index >= 15 is 0 Å². The first kappa shape index (κ1) is 23.8. The molecule has 1 N–H and O–H groups in total. The zero-order chi connectivity index (χ0) is 22.3. The van der Waals surface area contributed by atoms with Crippen LogP contribution in [-0.2, 0) is 14.8 Å². The molecule has 162 valence electrons. The Bertz CT molecular complexity index is 987. The van der Waals surface area contributed by atoms with Gasteiger partial charge in [0.1, 0.15) is 0 Å². The van der Waals surface area contributed by atoms with E-state index in [1.54, 1.807) is 17.4 Å². The maximum atomic E-state index is 12.7. The maximum absolute atomic E-state index is 12.7. The molecule has 0 fully saturated rings. The highest BCUT2D eigenvalue weighted by Crippen LogP contribution is 2.29. The molecule has 1 aliphatic rings. The molecule has 0 aromatic heterocycles. The summed E-state index contributed by atoms with van der Waals surface area (Å²) >= 11 is 0. The largest absolute Gasteiger partial charge is 0.322 e. The van der Waals surface area contributed by atoms with Crippen LogP contribution < -0.4 is 5.32 Å². The average Bonchev–Trinajstić information content (AvgIpc) is 2.73. The number of nitrogens with zero attached hydrogens (tertiary/aromatic N) is 2. The third kappa shape index (κ3) is 5.77. The number of amides is 1. The number of rotatable bonds is 8. The van der Waals surface area contributed by atoms with E-state index in [1.807, 2.05) is 51.1 Å². The molecule has 2 rings (SSSR count). The minimum Gasteiger partial charge on any atom is -0.322 e. The van der Waals surface area contributed by atoms with Crippen LogP contribution in [0.1, 0.15) is 46.1 Å². The van der Waals surface area contributed by atoms with Crippen molar-refractivity contribution >= 4 is 33.9 Å². The van der Waals surface area contributed by atoms with Crippen LogP contribution in [0, 0.1) is 0 Å². The number of hydrogen-bond donors (Lipinski definition) is 1. The topological polar surface area (TPSA) is 78.8 Å². The van der Waals surface area contributed by atoms with Crippen LogP contribution in [0.25, 0.3) is 5.57 Å². The number of carbonyl (C=O) groups excluding carboxylic acids is 1. The van der Waals surface area contributed by atoms with Gasteiger partial charge in [-0.1, -0.05) is 30.7 Å². The van der Waals surface area contributed by atoms with Gasteiger partial charge in [-0.05, 0) is 69.2 Å². The van der Waals surface area contributed by atoms with E-state index in [2.05, 4.69) is 17.0 Å². The second-order valence-corrected chi connectivity index (χ2v) is 9.55. The fraction of sp³-hybridized carbons (Fsp3) is 0.391. The van der Waals surface area contributed by atoms with Gasteiger partial charge < -0.3 is 5.32 Å². The molecule has 1 aliphatic heterocycles. The Balaban J connectivity index is 2.20. The van der Waals surface area contributed by atoms with E-state index in [1.165, 1.54) is 5.57 Å². The lowest BCUT2D eigenvalue weighted by atomic mass is 9.96. The summed E-state index contributed by atoms with van der Waals surface area (Å²) in [5.74, 6) is -0.0945. The molecule has 1 aromatic carbocycles. The monoisotopic (exact) mass is 429 g/mol. The van der Waals surface area contributed by atoms with E-state index < -0.39 is 10.0 Å². The predicted octanol–water partition coefficient (Wildman–Crippen LogP) is 4.39. The number of allylic oxidation sites excluding steroid dienone is 1. The van der Waals surface area contributed by atoms with Gasteiger partial charge in [-0.2, -0.15) is 4.31 Å². The second-order valence-electron chi connectivity index (χ2n) is 7.30. The molecule has 30 heavy (non-hydrogen) atoms. The molecule has 1 amide bonds. The van der Waals surface area contributed by atoms with Gasteiger partial charge in [0.2, 0.25) is 10.0 Å². The molecule has 0 radical (unpaired) electrons. The van der Waals surface area contributed by atoms with E-state index in [4.69, 9.17) is 0 Å². The number of sulfonamides is 1. The number of hydrogen-bond acceptors (Lipinski definition) is 4. The summed E-state index contributed by atoms with van der Waals surface area (Å²) in [5.41, 5.74) is 5.19. The van der Waals surface area contributed by atoms with E-state index in [0.29, 0.717) is 24.4 Å². The minimum absolute atomic E-state index is 0.104. The van der Waals surface area contributed by atoms with Crippen molar-refractivity contribution in [1.82, 2.24) is 4.31 Å². The van der Waals surface area contributed by atoms with Gasteiger partial charge in [-0.25, -0.2) is 8.42 Å². The van der Waals surface area contributed by atoms with Gasteiger partial charge >= 0.3 is 0 Å². The van der Waals surface area contributed by atoms with Gasteiger partial charge in [0.15, 0.2) is 0 Å². The van der Waals surface area contributed by atoms with Gasteiger partial charge in [0.25, 0.3) is 5.91 Å². The summed E-state index contributed by atoms with van der Waals surface area (Å²) in [5, 5.41) is 2.92. The third-order valence-electron chi connectivity index (χ3n) is 5.20. The maximum Gasteiger partial charge on any atom is 0.255 e. The Morgan fingerprint density at radius 1 is 1.27 bits per heavy atom. The molecular formula is C23H31N3O3S. The highest BCUT2D eigenvalue weighted by molar-refractivity contribution is 7.89. The number of benzene rings is 1. The number of anilines is 1. The van der Waals surface area contributed by atoms with Crippen LogP contribution in [0.3, 0.4) is 0 Å². The summed E-state index contributed by atoms with van der Waals surface area (Å²) in [6, 6.07) is 7.53. The molecule has 6 nitrogen and oxygen atoms in total. The highest BCUT2D eigenvalue weighted by Gasteiger charge is 2.26. The average molecular weight is 430 g/mol. The van der Waals surface area contributed by atoms with Crippen molar-refractivity contribution in [2.24, 2.45) is 4.99 Å². The Morgan fingerprint density at radius 2 is 1.93 bits per heavy atom. The Kier molecular flexibility index (Phi) is 8.32. The summed E-state index contributed by atoms with van der Waals surface area (Å²) < 4.78 is 26.1. The van der Waals surface area contributed by atoms with Crippen LogP contribution in [0.5, 0.6) is 0 Å². The third-order valence-corrected chi connectivity index (χ3v) is 7.03. The molecule has 7 heteroatoms. The molecule has 0 atom stereocenters. The van der Waals surface area contributed by atoms with Gasteiger partial charge in [0.05, 0.1) is 5.75 Å². The molecule has 1 heterocycles. The van der Waals surface area contributed by atoms with Crippen molar-refractivity contribution in [1.29, 1.82) is 0 Å².